The summed E-state index contributed by atoms with van der Waals surface area (Å²) in [6.45, 7) is 2.04. The van der Waals surface area contributed by atoms with Crippen molar-refractivity contribution in [3.8, 4) is 11.5 Å². The van der Waals surface area contributed by atoms with Crippen LogP contribution in [0.2, 0.25) is 5.02 Å². The van der Waals surface area contributed by atoms with Gasteiger partial charge >= 0.3 is 0 Å². The number of halogens is 1. The Morgan fingerprint density at radius 3 is 2.40 bits per heavy atom. The molecule has 2 aromatic carbocycles. The van der Waals surface area contributed by atoms with Gasteiger partial charge in [0, 0.05) is 0 Å². The van der Waals surface area contributed by atoms with Gasteiger partial charge in [-0.1, -0.05) is 35.9 Å². The zero-order chi connectivity index (χ0) is 14.7. The van der Waals surface area contributed by atoms with Gasteiger partial charge in [0.05, 0.1) is 25.3 Å². The second-order valence-electron chi connectivity index (χ2n) is 4.57. The molecule has 2 aromatic rings. The largest absolute Gasteiger partial charge is 0.493 e. The van der Waals surface area contributed by atoms with E-state index in [1.165, 1.54) is 0 Å². The number of rotatable bonds is 4. The highest BCUT2D eigenvalue weighted by molar-refractivity contribution is 6.32. The molecule has 3 nitrogen and oxygen atoms in total. The Morgan fingerprint density at radius 1 is 1.10 bits per heavy atom. The van der Waals surface area contributed by atoms with E-state index in [9.17, 15) is 0 Å². The maximum Gasteiger partial charge on any atom is 0.179 e. The molecule has 0 radical (unpaired) electrons. The third-order valence-electron chi connectivity index (χ3n) is 3.34. The summed E-state index contributed by atoms with van der Waals surface area (Å²) in [5.74, 6) is 1.11. The van der Waals surface area contributed by atoms with Crippen molar-refractivity contribution in [2.45, 2.75) is 13.0 Å². The minimum Gasteiger partial charge on any atom is -0.493 e. The molecule has 0 amide bonds. The fraction of sp³-hybridized carbons (Fsp3) is 0.250. The van der Waals surface area contributed by atoms with Crippen molar-refractivity contribution >= 4 is 11.6 Å². The van der Waals surface area contributed by atoms with Crippen LogP contribution in [-0.2, 0) is 0 Å². The monoisotopic (exact) mass is 291 g/mol. The molecule has 20 heavy (non-hydrogen) atoms. The Morgan fingerprint density at radius 2 is 1.80 bits per heavy atom. The second-order valence-corrected chi connectivity index (χ2v) is 4.98. The summed E-state index contributed by atoms with van der Waals surface area (Å²) in [7, 11) is 3.14. The van der Waals surface area contributed by atoms with Gasteiger partial charge in [-0.3, -0.25) is 0 Å². The second kappa shape index (κ2) is 6.16. The number of hydrogen-bond donors (Lipinski definition) is 1. The van der Waals surface area contributed by atoms with Crippen LogP contribution in [0, 0.1) is 6.92 Å². The van der Waals surface area contributed by atoms with E-state index in [-0.39, 0.29) is 6.04 Å². The first-order valence-electron chi connectivity index (χ1n) is 6.31. The molecule has 0 aromatic heterocycles. The van der Waals surface area contributed by atoms with Crippen LogP contribution in [0.5, 0.6) is 11.5 Å². The van der Waals surface area contributed by atoms with Crippen LogP contribution in [0.1, 0.15) is 22.7 Å². The molecule has 0 spiro atoms. The molecule has 1 unspecified atom stereocenters. The molecular formula is C16H18ClNO2. The zero-order valence-corrected chi connectivity index (χ0v) is 12.6. The lowest BCUT2D eigenvalue weighted by molar-refractivity contribution is 0.354. The molecule has 0 bridgehead atoms. The SMILES string of the molecule is COc1cc(C(N)c2ccccc2C)cc(Cl)c1OC. The molecular weight excluding hydrogens is 274 g/mol. The lowest BCUT2D eigenvalue weighted by atomic mass is 9.95. The van der Waals surface area contributed by atoms with Crippen molar-refractivity contribution in [2.75, 3.05) is 14.2 Å². The third-order valence-corrected chi connectivity index (χ3v) is 3.62. The van der Waals surface area contributed by atoms with Crippen molar-refractivity contribution in [1.29, 1.82) is 0 Å². The topological polar surface area (TPSA) is 44.5 Å². The van der Waals surface area contributed by atoms with Crippen LogP contribution in [0.15, 0.2) is 36.4 Å². The minimum atomic E-state index is -0.256. The van der Waals surface area contributed by atoms with E-state index < -0.39 is 0 Å². The Bertz CT molecular complexity index is 613. The van der Waals surface area contributed by atoms with Gasteiger partial charge in [0.2, 0.25) is 0 Å². The molecule has 0 saturated heterocycles. The summed E-state index contributed by atoms with van der Waals surface area (Å²) in [4.78, 5) is 0. The van der Waals surface area contributed by atoms with E-state index in [4.69, 9.17) is 26.8 Å². The van der Waals surface area contributed by atoms with E-state index in [0.29, 0.717) is 16.5 Å². The first-order chi connectivity index (χ1) is 9.58. The summed E-state index contributed by atoms with van der Waals surface area (Å²) < 4.78 is 10.5. The average Bonchev–Trinajstić information content (AvgIpc) is 2.46. The molecule has 2 rings (SSSR count). The van der Waals surface area contributed by atoms with E-state index >= 15 is 0 Å². The van der Waals surface area contributed by atoms with Crippen molar-refractivity contribution in [1.82, 2.24) is 0 Å². The van der Waals surface area contributed by atoms with Crippen LogP contribution >= 0.6 is 11.6 Å². The zero-order valence-electron chi connectivity index (χ0n) is 11.8. The maximum atomic E-state index is 6.35. The molecule has 4 heteroatoms. The summed E-state index contributed by atoms with van der Waals surface area (Å²) in [5.41, 5.74) is 9.45. The highest BCUT2D eigenvalue weighted by atomic mass is 35.5. The first-order valence-corrected chi connectivity index (χ1v) is 6.68. The standard InChI is InChI=1S/C16H18ClNO2/c1-10-6-4-5-7-12(10)15(18)11-8-13(17)16(20-3)14(9-11)19-2/h4-9,15H,18H2,1-3H3. The van der Waals surface area contributed by atoms with E-state index in [1.54, 1.807) is 14.2 Å². The van der Waals surface area contributed by atoms with Gasteiger partial charge in [-0.25, -0.2) is 0 Å². The van der Waals surface area contributed by atoms with E-state index in [0.717, 1.165) is 16.7 Å². The Kier molecular flexibility index (Phi) is 4.53. The first kappa shape index (κ1) is 14.7. The summed E-state index contributed by atoms with van der Waals surface area (Å²) >= 11 is 6.22. The number of ether oxygens (including phenoxy) is 2. The van der Waals surface area contributed by atoms with Gasteiger partial charge in [0.25, 0.3) is 0 Å². The van der Waals surface area contributed by atoms with Gasteiger partial charge < -0.3 is 15.2 Å². The fourth-order valence-electron chi connectivity index (χ4n) is 2.23. The highest BCUT2D eigenvalue weighted by Crippen LogP contribution is 2.38. The van der Waals surface area contributed by atoms with Crippen LogP contribution in [0.25, 0.3) is 0 Å². The smallest absolute Gasteiger partial charge is 0.179 e. The average molecular weight is 292 g/mol. The normalized spacial score (nSPS) is 12.1. The Labute approximate surface area is 124 Å². The molecule has 0 aliphatic rings. The number of methoxy groups -OCH3 is 2. The molecule has 106 valence electrons. The Hall–Kier alpha value is -1.71. The number of aryl methyl sites for hydroxylation is 1. The molecule has 0 saturated carbocycles. The molecule has 0 fully saturated rings. The number of benzene rings is 2. The molecule has 0 aliphatic carbocycles. The molecule has 1 atom stereocenters. The van der Waals surface area contributed by atoms with Gasteiger partial charge in [-0.05, 0) is 35.7 Å². The minimum absolute atomic E-state index is 0.256. The molecule has 0 aliphatic heterocycles. The lowest BCUT2D eigenvalue weighted by Gasteiger charge is -2.18. The maximum absolute atomic E-state index is 6.35. The number of nitrogens with two attached hydrogens (primary N) is 1. The lowest BCUT2D eigenvalue weighted by Crippen LogP contribution is -2.13. The predicted molar refractivity (Wildman–Crippen MR) is 81.8 cm³/mol. The van der Waals surface area contributed by atoms with E-state index in [2.05, 4.69) is 0 Å². The van der Waals surface area contributed by atoms with Crippen molar-refractivity contribution in [3.63, 3.8) is 0 Å². The summed E-state index contributed by atoms with van der Waals surface area (Å²) in [6.07, 6.45) is 0. The summed E-state index contributed by atoms with van der Waals surface area (Å²) in [6, 6.07) is 11.5. The predicted octanol–water partition coefficient (Wildman–Crippen LogP) is 3.71. The van der Waals surface area contributed by atoms with Gasteiger partial charge in [0.15, 0.2) is 11.5 Å². The highest BCUT2D eigenvalue weighted by Gasteiger charge is 2.17. The molecule has 2 N–H and O–H groups in total. The van der Waals surface area contributed by atoms with Crippen LogP contribution in [-0.4, -0.2) is 14.2 Å². The van der Waals surface area contributed by atoms with Crippen molar-refractivity contribution < 1.29 is 9.47 Å². The van der Waals surface area contributed by atoms with Crippen molar-refractivity contribution in [3.05, 3.63) is 58.1 Å². The number of hydrogen-bond acceptors (Lipinski definition) is 3. The quantitative estimate of drug-likeness (QED) is 0.934. The van der Waals surface area contributed by atoms with Gasteiger partial charge in [-0.2, -0.15) is 0 Å². The van der Waals surface area contributed by atoms with Gasteiger partial charge in [0.1, 0.15) is 0 Å². The third kappa shape index (κ3) is 2.74. The van der Waals surface area contributed by atoms with Crippen LogP contribution in [0.3, 0.4) is 0 Å². The van der Waals surface area contributed by atoms with Crippen molar-refractivity contribution in [2.24, 2.45) is 5.73 Å². The summed E-state index contributed by atoms with van der Waals surface area (Å²) in [5, 5.41) is 0.492. The Balaban J connectivity index is 2.48. The van der Waals surface area contributed by atoms with Gasteiger partial charge in [-0.15, -0.1) is 0 Å². The van der Waals surface area contributed by atoms with Crippen LogP contribution < -0.4 is 15.2 Å². The fourth-order valence-corrected chi connectivity index (χ4v) is 2.53. The van der Waals surface area contributed by atoms with Crippen LogP contribution in [0.4, 0.5) is 0 Å². The van der Waals surface area contributed by atoms with E-state index in [1.807, 2.05) is 43.3 Å². The molecule has 0 heterocycles.